The summed E-state index contributed by atoms with van der Waals surface area (Å²) in [6.45, 7) is 6.11. The number of piperidine rings is 1. The fourth-order valence-electron chi connectivity index (χ4n) is 1.80. The molecule has 0 aromatic rings. The molecule has 0 bridgehead atoms. The van der Waals surface area contributed by atoms with Gasteiger partial charge in [0, 0.05) is 20.4 Å². The molecule has 1 heterocycles. The number of amides is 1. The number of hydrogen-bond acceptors (Lipinski definition) is 2. The van der Waals surface area contributed by atoms with Crippen molar-refractivity contribution in [1.29, 1.82) is 0 Å². The molecule has 1 amide bonds. The smallest absolute Gasteiger partial charge is 0 e. The van der Waals surface area contributed by atoms with Gasteiger partial charge in [0.15, 0.2) is 0 Å². The monoisotopic (exact) mass is 370 g/mol. The molecule has 1 N–H and O–H groups in total. The van der Waals surface area contributed by atoms with Gasteiger partial charge in [-0.05, 0) is 51.4 Å². The Morgan fingerprint density at radius 3 is 2.57 bits per heavy atom. The van der Waals surface area contributed by atoms with Crippen molar-refractivity contribution in [2.75, 3.05) is 26.2 Å². The van der Waals surface area contributed by atoms with Gasteiger partial charge in [0.25, 0.3) is 0 Å². The fourth-order valence-corrected chi connectivity index (χ4v) is 1.80. The standard InChI is InChI=1S/C10H19N2O.Re/c1-2-11-6-3-10-4-7-12(9-13)8-5-10;/h10-11H,2-8H2,1H3;/q-1;. The van der Waals surface area contributed by atoms with Crippen molar-refractivity contribution >= 4 is 6.41 Å². The van der Waals surface area contributed by atoms with Crippen LogP contribution in [-0.2, 0) is 25.2 Å². The molecule has 1 saturated heterocycles. The second-order valence-electron chi connectivity index (χ2n) is 3.66. The maximum Gasteiger partial charge on any atom is 0 e. The molecule has 4 heteroatoms. The van der Waals surface area contributed by atoms with Crippen LogP contribution in [0.4, 0.5) is 0 Å². The molecule has 3 nitrogen and oxygen atoms in total. The van der Waals surface area contributed by atoms with E-state index >= 15 is 0 Å². The molecular weight excluding hydrogens is 350 g/mol. The van der Waals surface area contributed by atoms with Gasteiger partial charge < -0.3 is 15.0 Å². The molecule has 1 fully saturated rings. The predicted molar refractivity (Wildman–Crippen MR) is 53.2 cm³/mol. The van der Waals surface area contributed by atoms with Crippen LogP contribution >= 0.6 is 0 Å². The van der Waals surface area contributed by atoms with E-state index in [1.54, 1.807) is 4.90 Å². The third-order valence-electron chi connectivity index (χ3n) is 2.72. The number of nitrogens with zero attached hydrogens (tertiary/aromatic N) is 1. The first kappa shape index (κ1) is 14.1. The molecule has 0 saturated carbocycles. The third-order valence-corrected chi connectivity index (χ3v) is 2.72. The second kappa shape index (κ2) is 8.40. The molecule has 0 aromatic carbocycles. The van der Waals surface area contributed by atoms with E-state index in [-0.39, 0.29) is 20.4 Å². The van der Waals surface area contributed by atoms with E-state index in [4.69, 9.17) is 0 Å². The number of nitrogens with one attached hydrogen (secondary N) is 1. The first-order chi connectivity index (χ1) is 6.36. The minimum Gasteiger partial charge on any atom is -0.520 e. The fraction of sp³-hybridized carbons (Fsp3) is 0.900. The summed E-state index contributed by atoms with van der Waals surface area (Å²) < 4.78 is 0. The van der Waals surface area contributed by atoms with Gasteiger partial charge in [-0.1, -0.05) is 6.92 Å². The van der Waals surface area contributed by atoms with Gasteiger partial charge >= 0.3 is 0 Å². The van der Waals surface area contributed by atoms with Crippen LogP contribution in [0.1, 0.15) is 26.2 Å². The molecular formula is C10H19N2ORe-. The van der Waals surface area contributed by atoms with E-state index in [2.05, 4.69) is 12.2 Å². The number of rotatable bonds is 5. The van der Waals surface area contributed by atoms with Crippen LogP contribution in [0.3, 0.4) is 0 Å². The molecule has 0 aliphatic carbocycles. The van der Waals surface area contributed by atoms with E-state index in [1.165, 1.54) is 6.42 Å². The van der Waals surface area contributed by atoms with Crippen molar-refractivity contribution in [3.8, 4) is 0 Å². The molecule has 0 atom stereocenters. The second-order valence-corrected chi connectivity index (χ2v) is 3.66. The molecule has 1 aliphatic heterocycles. The summed E-state index contributed by atoms with van der Waals surface area (Å²) in [5, 5.41) is 3.33. The Labute approximate surface area is 100 Å². The maximum atomic E-state index is 10.3. The Morgan fingerprint density at radius 2 is 2.07 bits per heavy atom. The molecule has 14 heavy (non-hydrogen) atoms. The Kier molecular flexibility index (Phi) is 8.46. The number of likely N-dealkylation sites (tertiary alicyclic amines) is 1. The van der Waals surface area contributed by atoms with Gasteiger partial charge in [-0.3, -0.25) is 0 Å². The average Bonchev–Trinajstić information content (AvgIpc) is 2.19. The maximum absolute atomic E-state index is 10.3. The summed E-state index contributed by atoms with van der Waals surface area (Å²) in [4.78, 5) is 12.1. The van der Waals surface area contributed by atoms with Crippen molar-refractivity contribution in [1.82, 2.24) is 10.2 Å². The van der Waals surface area contributed by atoms with Crippen LogP contribution < -0.4 is 5.32 Å². The summed E-state index contributed by atoms with van der Waals surface area (Å²) in [7, 11) is 0. The van der Waals surface area contributed by atoms with Crippen molar-refractivity contribution in [2.24, 2.45) is 5.92 Å². The van der Waals surface area contributed by atoms with E-state index < -0.39 is 0 Å². The molecule has 0 spiro atoms. The van der Waals surface area contributed by atoms with Crippen LogP contribution in [-0.4, -0.2) is 37.5 Å². The van der Waals surface area contributed by atoms with E-state index in [1.807, 2.05) is 6.41 Å². The predicted octanol–water partition coefficient (Wildman–Crippen LogP) is 0.763. The number of carbonyl (C=O) groups excluding carboxylic acids is 1. The van der Waals surface area contributed by atoms with Crippen molar-refractivity contribution < 1.29 is 25.2 Å². The van der Waals surface area contributed by atoms with Gasteiger partial charge in [0.1, 0.15) is 0 Å². The van der Waals surface area contributed by atoms with Gasteiger partial charge in [0.05, 0.1) is 0 Å². The SMILES string of the molecule is CCNCCC1CCN([C-]=O)CC1.[Re]. The Bertz CT molecular complexity index is 147. The Balaban J connectivity index is 0.00000169. The first-order valence-electron chi connectivity index (χ1n) is 5.20. The topological polar surface area (TPSA) is 32.3 Å². The van der Waals surface area contributed by atoms with Crippen LogP contribution in [0.2, 0.25) is 0 Å². The summed E-state index contributed by atoms with van der Waals surface area (Å²) in [6.07, 6.45) is 5.52. The zero-order chi connectivity index (χ0) is 9.52. The van der Waals surface area contributed by atoms with Crippen LogP contribution in [0, 0.1) is 5.92 Å². The Hall–Kier alpha value is 0.0923. The van der Waals surface area contributed by atoms with Crippen LogP contribution in [0.5, 0.6) is 0 Å². The third kappa shape index (κ3) is 5.09. The molecule has 0 aromatic heterocycles. The van der Waals surface area contributed by atoms with Gasteiger partial charge in [-0.2, -0.15) is 6.41 Å². The van der Waals surface area contributed by atoms with Crippen molar-refractivity contribution in [3.63, 3.8) is 0 Å². The van der Waals surface area contributed by atoms with E-state index in [9.17, 15) is 4.79 Å². The molecule has 83 valence electrons. The van der Waals surface area contributed by atoms with Gasteiger partial charge in [-0.25, -0.2) is 0 Å². The van der Waals surface area contributed by atoms with E-state index in [0.717, 1.165) is 44.9 Å². The zero-order valence-corrected chi connectivity index (χ0v) is 11.5. The van der Waals surface area contributed by atoms with Gasteiger partial charge in [0.2, 0.25) is 0 Å². The molecule has 1 aliphatic rings. The first-order valence-corrected chi connectivity index (χ1v) is 5.20. The molecule has 0 unspecified atom stereocenters. The minimum atomic E-state index is 0. The average molecular weight is 369 g/mol. The summed E-state index contributed by atoms with van der Waals surface area (Å²) in [6, 6.07) is 0. The minimum absolute atomic E-state index is 0. The van der Waals surface area contributed by atoms with Gasteiger partial charge in [-0.15, -0.1) is 0 Å². The normalized spacial score (nSPS) is 17.6. The summed E-state index contributed by atoms with van der Waals surface area (Å²) in [5.74, 6) is 0.809. The van der Waals surface area contributed by atoms with Crippen molar-refractivity contribution in [3.05, 3.63) is 0 Å². The summed E-state index contributed by atoms with van der Waals surface area (Å²) >= 11 is 0. The molecule has 1 rings (SSSR count). The van der Waals surface area contributed by atoms with Crippen LogP contribution in [0.25, 0.3) is 0 Å². The van der Waals surface area contributed by atoms with Crippen molar-refractivity contribution in [2.45, 2.75) is 26.2 Å². The van der Waals surface area contributed by atoms with E-state index in [0.29, 0.717) is 0 Å². The largest absolute Gasteiger partial charge is 0.520 e. The number of hydrogen-bond donors (Lipinski definition) is 1. The Morgan fingerprint density at radius 1 is 1.43 bits per heavy atom. The van der Waals surface area contributed by atoms with Crippen LogP contribution in [0.15, 0.2) is 0 Å². The summed E-state index contributed by atoms with van der Waals surface area (Å²) in [5.41, 5.74) is 0. The quantitative estimate of drug-likeness (QED) is 0.573. The zero-order valence-electron chi connectivity index (χ0n) is 8.76. The molecule has 1 radical (unpaired) electrons.